The van der Waals surface area contributed by atoms with E-state index in [1.807, 2.05) is 6.92 Å². The number of anilines is 1. The Kier molecular flexibility index (Phi) is 5.95. The van der Waals surface area contributed by atoms with Gasteiger partial charge in [0.05, 0.1) is 5.71 Å². The van der Waals surface area contributed by atoms with Crippen LogP contribution in [0.25, 0.3) is 0 Å². The summed E-state index contributed by atoms with van der Waals surface area (Å²) in [6, 6.07) is 11.9. The van der Waals surface area contributed by atoms with Crippen LogP contribution in [0.2, 0.25) is 10.0 Å². The maximum Gasteiger partial charge on any atom is 0.329 e. The number of nitrogens with zero attached hydrogens (tertiary/aromatic N) is 1. The van der Waals surface area contributed by atoms with E-state index in [1.165, 1.54) is 0 Å². The van der Waals surface area contributed by atoms with Gasteiger partial charge in [0.15, 0.2) is 0 Å². The molecule has 5 nitrogen and oxygen atoms in total. The zero-order chi connectivity index (χ0) is 17.7. The number of rotatable bonds is 3. The number of halogens is 2. The van der Waals surface area contributed by atoms with Crippen molar-refractivity contribution in [3.63, 3.8) is 0 Å². The molecule has 0 saturated carbocycles. The number of amides is 2. The molecule has 0 atom stereocenters. The van der Waals surface area contributed by atoms with E-state index in [0.29, 0.717) is 21.4 Å². The van der Waals surface area contributed by atoms with E-state index in [0.717, 1.165) is 11.1 Å². The lowest BCUT2D eigenvalue weighted by atomic mass is 10.1. The number of hydrazone groups is 1. The number of aryl methyl sites for hydroxylation is 1. The third kappa shape index (κ3) is 4.81. The smallest absolute Gasteiger partial charge is 0.318 e. The van der Waals surface area contributed by atoms with Crippen molar-refractivity contribution in [3.8, 4) is 0 Å². The van der Waals surface area contributed by atoms with E-state index in [9.17, 15) is 9.59 Å². The van der Waals surface area contributed by atoms with E-state index in [4.69, 9.17) is 23.2 Å². The highest BCUT2D eigenvalue weighted by molar-refractivity contribution is 6.40. The molecule has 0 unspecified atom stereocenters. The van der Waals surface area contributed by atoms with Gasteiger partial charge in [0.1, 0.15) is 0 Å². The Morgan fingerprint density at radius 2 is 1.67 bits per heavy atom. The largest absolute Gasteiger partial charge is 0.329 e. The molecule has 2 amide bonds. The topological polar surface area (TPSA) is 70.6 Å². The predicted octanol–water partition coefficient (Wildman–Crippen LogP) is 3.78. The SMILES string of the molecule is CC(=NNC(=O)C(=O)Nc1ccc(C)c(Cl)c1)c1ccc(Cl)cc1. The first-order valence-corrected chi connectivity index (χ1v) is 7.80. The van der Waals surface area contributed by atoms with Crippen LogP contribution in [0.1, 0.15) is 18.1 Å². The summed E-state index contributed by atoms with van der Waals surface area (Å²) in [6.07, 6.45) is 0. The minimum absolute atomic E-state index is 0.434. The molecule has 0 saturated heterocycles. The van der Waals surface area contributed by atoms with Crippen LogP contribution in [0.4, 0.5) is 5.69 Å². The second-order valence-electron chi connectivity index (χ2n) is 5.06. The first-order chi connectivity index (χ1) is 11.4. The van der Waals surface area contributed by atoms with Gasteiger partial charge in [-0.2, -0.15) is 5.10 Å². The van der Waals surface area contributed by atoms with Gasteiger partial charge in [-0.05, 0) is 49.2 Å². The summed E-state index contributed by atoms with van der Waals surface area (Å²) in [4.78, 5) is 23.7. The summed E-state index contributed by atoms with van der Waals surface area (Å²) < 4.78 is 0. The van der Waals surface area contributed by atoms with Crippen molar-refractivity contribution in [1.82, 2.24) is 5.43 Å². The third-order valence-electron chi connectivity index (χ3n) is 3.22. The van der Waals surface area contributed by atoms with Crippen LogP contribution in [-0.4, -0.2) is 17.5 Å². The molecule has 0 aromatic heterocycles. The number of benzene rings is 2. The van der Waals surface area contributed by atoms with E-state index >= 15 is 0 Å². The van der Waals surface area contributed by atoms with Gasteiger partial charge in [0, 0.05) is 15.7 Å². The van der Waals surface area contributed by atoms with Crippen LogP contribution >= 0.6 is 23.2 Å². The summed E-state index contributed by atoms with van der Waals surface area (Å²) in [5.41, 5.74) is 4.85. The minimum Gasteiger partial charge on any atom is -0.318 e. The van der Waals surface area contributed by atoms with Crippen molar-refractivity contribution in [2.24, 2.45) is 5.10 Å². The molecule has 0 aliphatic rings. The average Bonchev–Trinajstić information content (AvgIpc) is 2.56. The Labute approximate surface area is 149 Å². The van der Waals surface area contributed by atoms with E-state index in [1.54, 1.807) is 49.4 Å². The van der Waals surface area contributed by atoms with Gasteiger partial charge in [0.25, 0.3) is 0 Å². The molecule has 0 aliphatic carbocycles. The van der Waals surface area contributed by atoms with Crippen LogP contribution in [0, 0.1) is 6.92 Å². The second-order valence-corrected chi connectivity index (χ2v) is 5.91. The zero-order valence-electron chi connectivity index (χ0n) is 13.1. The molecule has 2 N–H and O–H groups in total. The number of carbonyl (C=O) groups excluding carboxylic acids is 2. The van der Waals surface area contributed by atoms with Crippen molar-refractivity contribution in [1.29, 1.82) is 0 Å². The van der Waals surface area contributed by atoms with Gasteiger partial charge >= 0.3 is 11.8 Å². The van der Waals surface area contributed by atoms with Crippen LogP contribution in [0.15, 0.2) is 47.6 Å². The second kappa shape index (κ2) is 7.95. The fourth-order valence-corrected chi connectivity index (χ4v) is 2.11. The first-order valence-electron chi connectivity index (χ1n) is 7.04. The predicted molar refractivity (Wildman–Crippen MR) is 96.6 cm³/mol. The highest BCUT2D eigenvalue weighted by atomic mass is 35.5. The van der Waals surface area contributed by atoms with Crippen molar-refractivity contribution in [2.45, 2.75) is 13.8 Å². The van der Waals surface area contributed by atoms with Crippen molar-refractivity contribution in [3.05, 3.63) is 63.6 Å². The summed E-state index contributed by atoms with van der Waals surface area (Å²) in [5, 5.41) is 7.47. The summed E-state index contributed by atoms with van der Waals surface area (Å²) in [6.45, 7) is 3.55. The van der Waals surface area contributed by atoms with E-state index in [2.05, 4.69) is 15.8 Å². The molecule has 0 spiro atoms. The lowest BCUT2D eigenvalue weighted by Crippen LogP contribution is -2.32. The fourth-order valence-electron chi connectivity index (χ4n) is 1.80. The number of carbonyl (C=O) groups is 2. The molecule has 0 heterocycles. The molecule has 2 aromatic rings. The quantitative estimate of drug-likeness (QED) is 0.494. The first kappa shape index (κ1) is 18.0. The van der Waals surface area contributed by atoms with Gasteiger partial charge in [0.2, 0.25) is 0 Å². The van der Waals surface area contributed by atoms with Gasteiger partial charge < -0.3 is 5.32 Å². The summed E-state index contributed by atoms with van der Waals surface area (Å²) in [7, 11) is 0. The Bertz CT molecular complexity index is 802. The lowest BCUT2D eigenvalue weighted by Gasteiger charge is -2.06. The minimum atomic E-state index is -0.875. The van der Waals surface area contributed by atoms with Crippen LogP contribution < -0.4 is 10.7 Å². The van der Waals surface area contributed by atoms with Crippen LogP contribution in [0.5, 0.6) is 0 Å². The van der Waals surface area contributed by atoms with Gasteiger partial charge in [-0.25, -0.2) is 5.43 Å². The Balaban J connectivity index is 1.98. The molecule has 124 valence electrons. The standard InChI is InChI=1S/C17H15Cl2N3O2/c1-10-3-8-14(9-15(10)19)20-16(23)17(24)22-21-11(2)12-4-6-13(18)7-5-12/h3-9H,1-2H3,(H,20,23)(H,22,24). The van der Waals surface area contributed by atoms with Crippen LogP contribution in [0.3, 0.4) is 0 Å². The van der Waals surface area contributed by atoms with Gasteiger partial charge in [-0.15, -0.1) is 0 Å². The summed E-state index contributed by atoms with van der Waals surface area (Å²) >= 11 is 11.8. The molecule has 2 aromatic carbocycles. The molecule has 0 radical (unpaired) electrons. The number of nitrogens with one attached hydrogen (secondary N) is 2. The average molecular weight is 364 g/mol. The molecule has 0 bridgehead atoms. The number of hydrogen-bond donors (Lipinski definition) is 2. The highest BCUT2D eigenvalue weighted by Crippen LogP contribution is 2.19. The maximum atomic E-state index is 11.8. The van der Waals surface area contributed by atoms with E-state index in [-0.39, 0.29) is 0 Å². The fraction of sp³-hybridized carbons (Fsp3) is 0.118. The zero-order valence-corrected chi connectivity index (χ0v) is 14.6. The molecule has 0 aliphatic heterocycles. The summed E-state index contributed by atoms with van der Waals surface area (Å²) in [5.74, 6) is -1.71. The van der Waals surface area contributed by atoms with E-state index < -0.39 is 11.8 Å². The number of hydrogen-bond acceptors (Lipinski definition) is 3. The van der Waals surface area contributed by atoms with Gasteiger partial charge in [-0.1, -0.05) is 41.4 Å². The van der Waals surface area contributed by atoms with Crippen molar-refractivity contribution < 1.29 is 9.59 Å². The Morgan fingerprint density at radius 1 is 1.00 bits per heavy atom. The molecule has 0 fully saturated rings. The van der Waals surface area contributed by atoms with Crippen molar-refractivity contribution >= 4 is 46.4 Å². The monoisotopic (exact) mass is 363 g/mol. The van der Waals surface area contributed by atoms with Crippen LogP contribution in [-0.2, 0) is 9.59 Å². The van der Waals surface area contributed by atoms with Crippen molar-refractivity contribution in [2.75, 3.05) is 5.32 Å². The molecular weight excluding hydrogens is 349 g/mol. The lowest BCUT2D eigenvalue weighted by molar-refractivity contribution is -0.136. The van der Waals surface area contributed by atoms with Gasteiger partial charge in [-0.3, -0.25) is 9.59 Å². The molecule has 24 heavy (non-hydrogen) atoms. The maximum absolute atomic E-state index is 11.8. The molecule has 7 heteroatoms. The third-order valence-corrected chi connectivity index (χ3v) is 3.88. The highest BCUT2D eigenvalue weighted by Gasteiger charge is 2.13. The molecular formula is C17H15Cl2N3O2. The Hall–Kier alpha value is -2.37. The Morgan fingerprint density at radius 3 is 2.29 bits per heavy atom. The molecule has 2 rings (SSSR count). The normalized spacial score (nSPS) is 11.1.